The van der Waals surface area contributed by atoms with Crippen LogP contribution in [-0.2, 0) is 16.6 Å². The molecule has 2 aromatic carbocycles. The van der Waals surface area contributed by atoms with Crippen molar-refractivity contribution in [3.8, 4) is 22.8 Å². The minimum absolute atomic E-state index is 0.0602. The highest BCUT2D eigenvalue weighted by molar-refractivity contribution is 6.13. The number of benzene rings is 2. The number of carbonyl (C=O) groups is 2. The third-order valence-corrected chi connectivity index (χ3v) is 6.74. The Morgan fingerprint density at radius 1 is 1.11 bits per heavy atom. The molecule has 194 valence electrons. The molecular formula is C28H25F2N5O3. The first-order valence-electron chi connectivity index (χ1n) is 12.0. The Morgan fingerprint density at radius 2 is 1.84 bits per heavy atom. The summed E-state index contributed by atoms with van der Waals surface area (Å²) in [5, 5.41) is 4.13. The van der Waals surface area contributed by atoms with Gasteiger partial charge < -0.3 is 15.4 Å². The van der Waals surface area contributed by atoms with Gasteiger partial charge in [-0.05, 0) is 55.7 Å². The molecule has 1 aliphatic rings. The highest BCUT2D eigenvalue weighted by Crippen LogP contribution is 2.49. The average Bonchev–Trinajstić information content (AvgIpc) is 3.61. The first kappa shape index (κ1) is 25.1. The molecule has 10 heteroatoms. The number of pyridine rings is 1. The van der Waals surface area contributed by atoms with Gasteiger partial charge in [0.1, 0.15) is 17.0 Å². The Kier molecular flexibility index (Phi) is 6.40. The normalized spacial score (nSPS) is 14.5. The van der Waals surface area contributed by atoms with Crippen LogP contribution in [0.5, 0.6) is 11.5 Å². The first-order valence-corrected chi connectivity index (χ1v) is 12.0. The van der Waals surface area contributed by atoms with Gasteiger partial charge in [-0.1, -0.05) is 12.1 Å². The summed E-state index contributed by atoms with van der Waals surface area (Å²) in [6.45, 7) is 1.72. The fraction of sp³-hybridized carbons (Fsp3) is 0.214. The zero-order valence-electron chi connectivity index (χ0n) is 20.8. The Labute approximate surface area is 217 Å². The summed E-state index contributed by atoms with van der Waals surface area (Å²) in [4.78, 5) is 31.4. The highest BCUT2D eigenvalue weighted by atomic mass is 19.1. The summed E-state index contributed by atoms with van der Waals surface area (Å²) in [7, 11) is 1.79. The predicted octanol–water partition coefficient (Wildman–Crippen LogP) is 4.91. The zero-order valence-corrected chi connectivity index (χ0v) is 20.8. The maximum Gasteiger partial charge on any atom is 0.243 e. The molecule has 0 spiro atoms. The molecule has 1 atom stereocenters. The molecule has 0 radical (unpaired) electrons. The van der Waals surface area contributed by atoms with Gasteiger partial charge in [0, 0.05) is 42.8 Å². The highest BCUT2D eigenvalue weighted by Gasteiger charge is 2.57. The van der Waals surface area contributed by atoms with E-state index in [1.807, 2.05) is 0 Å². The quantitative estimate of drug-likeness (QED) is 0.335. The van der Waals surface area contributed by atoms with Crippen molar-refractivity contribution in [2.75, 3.05) is 4.90 Å². The van der Waals surface area contributed by atoms with Gasteiger partial charge in [0.2, 0.25) is 11.8 Å². The molecule has 1 aliphatic carbocycles. The molecule has 4 aromatic rings. The van der Waals surface area contributed by atoms with E-state index in [4.69, 9.17) is 10.5 Å². The lowest BCUT2D eigenvalue weighted by molar-refractivity contribution is -0.134. The lowest BCUT2D eigenvalue weighted by Gasteiger charge is -2.32. The number of halogens is 2. The number of hydrogen-bond donors (Lipinski definition) is 1. The van der Waals surface area contributed by atoms with Crippen molar-refractivity contribution in [2.45, 2.75) is 25.8 Å². The maximum atomic E-state index is 15.3. The van der Waals surface area contributed by atoms with Crippen molar-refractivity contribution in [3.05, 3.63) is 90.4 Å². The topological polar surface area (TPSA) is 103 Å². The van der Waals surface area contributed by atoms with Gasteiger partial charge in [-0.3, -0.25) is 19.3 Å². The number of aromatic nitrogens is 3. The minimum atomic E-state index is -1.33. The lowest BCUT2D eigenvalue weighted by atomic mass is 9.99. The van der Waals surface area contributed by atoms with Crippen molar-refractivity contribution in [2.24, 2.45) is 18.2 Å². The predicted molar refractivity (Wildman–Crippen MR) is 136 cm³/mol. The number of amides is 2. The van der Waals surface area contributed by atoms with Crippen molar-refractivity contribution < 1.29 is 23.1 Å². The van der Waals surface area contributed by atoms with Crippen LogP contribution in [0.4, 0.5) is 14.5 Å². The molecule has 2 heterocycles. The standard InChI is InChI=1S/C28H25F2N5O3/c1-17(18-3-5-20(29)6-4-18)35(27(37)28(10-11-28)26(31)36)21-7-8-25(23(30)13-21)38-22-9-12-32-24(14-22)19-15-33-34(2)16-19/h3-9,12-17H,10-11H2,1-2H3,(H2,31,36). The van der Waals surface area contributed by atoms with Crippen LogP contribution in [0.2, 0.25) is 0 Å². The Morgan fingerprint density at radius 3 is 2.45 bits per heavy atom. The molecule has 38 heavy (non-hydrogen) atoms. The minimum Gasteiger partial charge on any atom is -0.454 e. The summed E-state index contributed by atoms with van der Waals surface area (Å²) in [5.41, 5.74) is 6.45. The van der Waals surface area contributed by atoms with Crippen LogP contribution < -0.4 is 15.4 Å². The molecule has 0 bridgehead atoms. The summed E-state index contributed by atoms with van der Waals surface area (Å²) in [6.07, 6.45) is 5.65. The molecule has 1 fully saturated rings. The summed E-state index contributed by atoms with van der Waals surface area (Å²) in [5.74, 6) is -2.08. The number of primary amides is 1. The number of rotatable bonds is 8. The second-order valence-electron chi connectivity index (χ2n) is 9.35. The van der Waals surface area contributed by atoms with Gasteiger partial charge >= 0.3 is 0 Å². The van der Waals surface area contributed by atoms with Gasteiger partial charge in [0.25, 0.3) is 0 Å². The molecule has 2 N–H and O–H groups in total. The second kappa shape index (κ2) is 9.70. The Balaban J connectivity index is 1.46. The van der Waals surface area contributed by atoms with Crippen LogP contribution >= 0.6 is 0 Å². The third-order valence-electron chi connectivity index (χ3n) is 6.74. The van der Waals surface area contributed by atoms with E-state index < -0.39 is 34.9 Å². The van der Waals surface area contributed by atoms with Crippen molar-refractivity contribution in [3.63, 3.8) is 0 Å². The number of ether oxygens (including phenoxy) is 1. The number of nitrogens with two attached hydrogens (primary N) is 1. The molecule has 1 unspecified atom stereocenters. The molecule has 0 aliphatic heterocycles. The van der Waals surface area contributed by atoms with E-state index in [2.05, 4.69) is 10.1 Å². The van der Waals surface area contributed by atoms with Crippen LogP contribution in [0.1, 0.15) is 31.4 Å². The van der Waals surface area contributed by atoms with Gasteiger partial charge in [-0.25, -0.2) is 8.78 Å². The van der Waals surface area contributed by atoms with Crippen LogP contribution in [0.25, 0.3) is 11.3 Å². The Hall–Kier alpha value is -4.60. The number of anilines is 1. The van der Waals surface area contributed by atoms with E-state index in [1.165, 1.54) is 35.2 Å². The molecule has 5 rings (SSSR count). The molecular weight excluding hydrogens is 492 g/mol. The SMILES string of the molecule is CC(c1ccc(F)cc1)N(C(=O)C1(C(N)=O)CC1)c1ccc(Oc2ccnc(-c3cnn(C)c3)c2)c(F)c1. The third kappa shape index (κ3) is 4.72. The molecule has 2 aromatic heterocycles. The van der Waals surface area contributed by atoms with E-state index in [9.17, 15) is 14.0 Å². The largest absolute Gasteiger partial charge is 0.454 e. The van der Waals surface area contributed by atoms with Crippen LogP contribution in [0.15, 0.2) is 73.2 Å². The molecule has 1 saturated carbocycles. The second-order valence-corrected chi connectivity index (χ2v) is 9.35. The number of carbonyl (C=O) groups excluding carboxylic acids is 2. The first-order chi connectivity index (χ1) is 18.2. The number of nitrogens with zero attached hydrogens (tertiary/aromatic N) is 4. The van der Waals surface area contributed by atoms with Crippen LogP contribution in [-0.4, -0.2) is 26.6 Å². The van der Waals surface area contributed by atoms with Crippen LogP contribution in [0, 0.1) is 17.0 Å². The number of hydrogen-bond acceptors (Lipinski definition) is 5. The van der Waals surface area contributed by atoms with Gasteiger partial charge in [-0.15, -0.1) is 0 Å². The average molecular weight is 518 g/mol. The summed E-state index contributed by atoms with van der Waals surface area (Å²) >= 11 is 0. The smallest absolute Gasteiger partial charge is 0.243 e. The van der Waals surface area contributed by atoms with Crippen molar-refractivity contribution in [1.82, 2.24) is 14.8 Å². The lowest BCUT2D eigenvalue weighted by Crippen LogP contribution is -2.44. The Bertz CT molecular complexity index is 1520. The number of aryl methyl sites for hydroxylation is 1. The van der Waals surface area contributed by atoms with Gasteiger partial charge in [-0.2, -0.15) is 5.10 Å². The van der Waals surface area contributed by atoms with Crippen molar-refractivity contribution in [1.29, 1.82) is 0 Å². The van der Waals surface area contributed by atoms with Gasteiger partial charge in [0.05, 0.1) is 17.9 Å². The molecule has 8 nitrogen and oxygen atoms in total. The van der Waals surface area contributed by atoms with E-state index in [1.54, 1.807) is 61.5 Å². The fourth-order valence-corrected chi connectivity index (χ4v) is 4.36. The maximum absolute atomic E-state index is 15.3. The van der Waals surface area contributed by atoms with E-state index in [0.717, 1.165) is 5.56 Å². The van der Waals surface area contributed by atoms with E-state index >= 15 is 4.39 Å². The van der Waals surface area contributed by atoms with Crippen molar-refractivity contribution >= 4 is 17.5 Å². The summed E-state index contributed by atoms with van der Waals surface area (Å²) < 4.78 is 36.3. The van der Waals surface area contributed by atoms with Gasteiger partial charge in [0.15, 0.2) is 11.6 Å². The summed E-state index contributed by atoms with van der Waals surface area (Å²) in [6, 6.07) is 12.4. The molecule has 0 saturated heterocycles. The monoisotopic (exact) mass is 517 g/mol. The zero-order chi connectivity index (χ0) is 27.0. The van der Waals surface area contributed by atoms with Crippen LogP contribution in [0.3, 0.4) is 0 Å². The van der Waals surface area contributed by atoms with E-state index in [0.29, 0.717) is 29.8 Å². The molecule has 2 amide bonds. The fourth-order valence-electron chi connectivity index (χ4n) is 4.36. The van der Waals surface area contributed by atoms with E-state index in [-0.39, 0.29) is 11.4 Å².